The molecule has 0 aliphatic carbocycles. The van der Waals surface area contributed by atoms with Crippen molar-refractivity contribution < 1.29 is 4.92 Å². The molecule has 0 aliphatic heterocycles. The highest BCUT2D eigenvalue weighted by atomic mass is 16.6. The van der Waals surface area contributed by atoms with Crippen LogP contribution in [0, 0.1) is 16.0 Å². The van der Waals surface area contributed by atoms with E-state index in [1.807, 2.05) is 13.8 Å². The molecule has 7 nitrogen and oxygen atoms in total. The number of non-ortho nitro benzene ring substituents is 1. The number of nitrogens with two attached hydrogens (primary N) is 1. The van der Waals surface area contributed by atoms with Gasteiger partial charge in [0.05, 0.1) is 11.0 Å². The highest BCUT2D eigenvalue weighted by Gasteiger charge is 2.16. The zero-order valence-corrected chi connectivity index (χ0v) is 10.7. The maximum atomic E-state index is 10.6. The molecule has 0 saturated heterocycles. The van der Waals surface area contributed by atoms with Crippen molar-refractivity contribution in [3.05, 3.63) is 40.2 Å². The molecule has 0 bridgehead atoms. The number of aromatic amines is 1. The molecule has 1 heterocycles. The molecule has 0 radical (unpaired) electrons. The van der Waals surface area contributed by atoms with Gasteiger partial charge >= 0.3 is 0 Å². The number of nitro benzene ring substituents is 1. The van der Waals surface area contributed by atoms with Gasteiger partial charge in [-0.25, -0.2) is 4.98 Å². The third-order valence-electron chi connectivity index (χ3n) is 2.87. The Morgan fingerprint density at radius 1 is 1.32 bits per heavy atom. The lowest BCUT2D eigenvalue weighted by molar-refractivity contribution is -0.384. The summed E-state index contributed by atoms with van der Waals surface area (Å²) < 4.78 is 0. The van der Waals surface area contributed by atoms with Crippen LogP contribution in [0.3, 0.4) is 0 Å². The fourth-order valence-corrected chi connectivity index (χ4v) is 1.60. The molecule has 1 atom stereocenters. The van der Waals surface area contributed by atoms with E-state index in [0.29, 0.717) is 17.2 Å². The summed E-state index contributed by atoms with van der Waals surface area (Å²) in [5.74, 6) is 1.35. The largest absolute Gasteiger partial charge is 0.321 e. The molecule has 2 rings (SSSR count). The molecule has 1 aromatic carbocycles. The number of hydrogen-bond acceptors (Lipinski definition) is 5. The maximum absolute atomic E-state index is 10.6. The van der Waals surface area contributed by atoms with E-state index in [1.54, 1.807) is 12.1 Å². The van der Waals surface area contributed by atoms with Gasteiger partial charge in [0.2, 0.25) is 0 Å². The average molecular weight is 261 g/mol. The van der Waals surface area contributed by atoms with Gasteiger partial charge in [-0.3, -0.25) is 15.2 Å². The predicted molar refractivity (Wildman–Crippen MR) is 70.2 cm³/mol. The Balaban J connectivity index is 2.25. The van der Waals surface area contributed by atoms with Crippen LogP contribution in [0.25, 0.3) is 11.4 Å². The Kier molecular flexibility index (Phi) is 3.57. The van der Waals surface area contributed by atoms with Crippen LogP contribution in [0.5, 0.6) is 0 Å². The average Bonchev–Trinajstić information content (AvgIpc) is 2.87. The Bertz CT molecular complexity index is 576. The molecule has 0 amide bonds. The number of nitrogens with zero attached hydrogens (tertiary/aromatic N) is 3. The number of H-pyrrole nitrogens is 1. The smallest absolute Gasteiger partial charge is 0.269 e. The van der Waals surface area contributed by atoms with Crippen molar-refractivity contribution in [2.45, 2.75) is 19.9 Å². The van der Waals surface area contributed by atoms with Gasteiger partial charge in [-0.2, -0.15) is 5.10 Å². The Labute approximate surface area is 110 Å². The topological polar surface area (TPSA) is 111 Å². The van der Waals surface area contributed by atoms with Gasteiger partial charge < -0.3 is 5.73 Å². The summed E-state index contributed by atoms with van der Waals surface area (Å²) >= 11 is 0. The van der Waals surface area contributed by atoms with Crippen LogP contribution in [0.15, 0.2) is 24.3 Å². The standard InChI is InChI=1S/C12H15N5O2/c1-7(2)10(13)12-14-11(15-16-12)8-3-5-9(6-4-8)17(18)19/h3-7,10H,13H2,1-2H3,(H,14,15,16)/t10-/m1/s1. The van der Waals surface area contributed by atoms with E-state index < -0.39 is 4.92 Å². The first kappa shape index (κ1) is 13.2. The third-order valence-corrected chi connectivity index (χ3v) is 2.87. The molecule has 0 fully saturated rings. The molecular weight excluding hydrogens is 246 g/mol. The fourth-order valence-electron chi connectivity index (χ4n) is 1.60. The summed E-state index contributed by atoms with van der Waals surface area (Å²) in [7, 11) is 0. The zero-order chi connectivity index (χ0) is 14.0. The minimum Gasteiger partial charge on any atom is -0.321 e. The molecule has 0 aliphatic rings. The van der Waals surface area contributed by atoms with Crippen LogP contribution >= 0.6 is 0 Å². The summed E-state index contributed by atoms with van der Waals surface area (Å²) in [6.07, 6.45) is 0. The molecule has 0 spiro atoms. The second-order valence-electron chi connectivity index (χ2n) is 4.62. The predicted octanol–water partition coefficient (Wildman–Crippen LogP) is 2.04. The minimum absolute atomic E-state index is 0.0402. The maximum Gasteiger partial charge on any atom is 0.269 e. The molecule has 7 heteroatoms. The minimum atomic E-state index is -0.443. The second-order valence-corrected chi connectivity index (χ2v) is 4.62. The Morgan fingerprint density at radius 2 is 1.95 bits per heavy atom. The Morgan fingerprint density at radius 3 is 2.47 bits per heavy atom. The van der Waals surface area contributed by atoms with Crippen molar-refractivity contribution >= 4 is 5.69 Å². The van der Waals surface area contributed by atoms with Crippen LogP contribution in [-0.4, -0.2) is 20.1 Å². The molecule has 19 heavy (non-hydrogen) atoms. The molecule has 0 saturated carbocycles. The Hall–Kier alpha value is -2.28. The molecule has 1 aromatic heterocycles. The van der Waals surface area contributed by atoms with Crippen LogP contribution in [0.1, 0.15) is 25.7 Å². The number of nitrogens with one attached hydrogen (secondary N) is 1. The number of rotatable bonds is 4. The number of hydrogen-bond donors (Lipinski definition) is 2. The van der Waals surface area contributed by atoms with E-state index >= 15 is 0 Å². The van der Waals surface area contributed by atoms with Crippen molar-refractivity contribution in [1.29, 1.82) is 0 Å². The fraction of sp³-hybridized carbons (Fsp3) is 0.333. The van der Waals surface area contributed by atoms with Crippen molar-refractivity contribution in [2.75, 3.05) is 0 Å². The molecule has 2 aromatic rings. The quantitative estimate of drug-likeness (QED) is 0.646. The van der Waals surface area contributed by atoms with Gasteiger partial charge in [-0.1, -0.05) is 13.8 Å². The van der Waals surface area contributed by atoms with E-state index in [2.05, 4.69) is 15.2 Å². The first-order valence-electron chi connectivity index (χ1n) is 5.91. The van der Waals surface area contributed by atoms with Crippen LogP contribution in [0.2, 0.25) is 0 Å². The SMILES string of the molecule is CC(C)[C@@H](N)c1nc(-c2ccc([N+](=O)[O-])cc2)n[nH]1. The van der Waals surface area contributed by atoms with E-state index in [-0.39, 0.29) is 17.6 Å². The number of benzene rings is 1. The first-order valence-corrected chi connectivity index (χ1v) is 5.91. The summed E-state index contributed by atoms with van der Waals surface area (Å²) in [6.45, 7) is 4.00. The van der Waals surface area contributed by atoms with Crippen LogP contribution in [0.4, 0.5) is 5.69 Å². The summed E-state index contributed by atoms with van der Waals surface area (Å²) in [5.41, 5.74) is 6.72. The highest BCUT2D eigenvalue weighted by Crippen LogP contribution is 2.21. The van der Waals surface area contributed by atoms with Crippen molar-refractivity contribution in [3.8, 4) is 11.4 Å². The zero-order valence-electron chi connectivity index (χ0n) is 10.7. The summed E-state index contributed by atoms with van der Waals surface area (Å²) in [6, 6.07) is 5.87. The summed E-state index contributed by atoms with van der Waals surface area (Å²) in [5, 5.41) is 17.4. The van der Waals surface area contributed by atoms with E-state index in [0.717, 1.165) is 0 Å². The van der Waals surface area contributed by atoms with Gasteiger partial charge in [0.25, 0.3) is 5.69 Å². The van der Waals surface area contributed by atoms with Crippen LogP contribution in [-0.2, 0) is 0 Å². The van der Waals surface area contributed by atoms with E-state index in [1.165, 1.54) is 12.1 Å². The van der Waals surface area contributed by atoms with Gasteiger partial charge in [-0.05, 0) is 18.1 Å². The highest BCUT2D eigenvalue weighted by molar-refractivity contribution is 5.56. The third kappa shape index (κ3) is 2.76. The van der Waals surface area contributed by atoms with Crippen molar-refractivity contribution in [2.24, 2.45) is 11.7 Å². The van der Waals surface area contributed by atoms with Gasteiger partial charge in [-0.15, -0.1) is 0 Å². The van der Waals surface area contributed by atoms with Gasteiger partial charge in [0.1, 0.15) is 5.82 Å². The molecular formula is C12H15N5O2. The van der Waals surface area contributed by atoms with E-state index in [9.17, 15) is 10.1 Å². The van der Waals surface area contributed by atoms with Gasteiger partial charge in [0.15, 0.2) is 5.82 Å². The monoisotopic (exact) mass is 261 g/mol. The van der Waals surface area contributed by atoms with Gasteiger partial charge in [0, 0.05) is 17.7 Å². The summed E-state index contributed by atoms with van der Waals surface area (Å²) in [4.78, 5) is 14.4. The molecule has 3 N–H and O–H groups in total. The number of nitro groups is 1. The molecule has 0 unspecified atom stereocenters. The molecule has 100 valence electrons. The van der Waals surface area contributed by atoms with Crippen molar-refractivity contribution in [1.82, 2.24) is 15.2 Å². The van der Waals surface area contributed by atoms with E-state index in [4.69, 9.17) is 5.73 Å². The van der Waals surface area contributed by atoms with Crippen LogP contribution < -0.4 is 5.73 Å². The lowest BCUT2D eigenvalue weighted by Gasteiger charge is -2.11. The first-order chi connectivity index (χ1) is 8.99. The number of aromatic nitrogens is 3. The lowest BCUT2D eigenvalue weighted by Crippen LogP contribution is -2.18. The van der Waals surface area contributed by atoms with Crippen molar-refractivity contribution in [3.63, 3.8) is 0 Å². The normalized spacial score (nSPS) is 12.6. The lowest BCUT2D eigenvalue weighted by atomic mass is 10.1. The second kappa shape index (κ2) is 5.15.